The van der Waals surface area contributed by atoms with Crippen LogP contribution in [-0.4, -0.2) is 73.5 Å². The van der Waals surface area contributed by atoms with E-state index in [2.05, 4.69) is 54.4 Å². The number of benzene rings is 2. The molecule has 0 saturated carbocycles. The van der Waals surface area contributed by atoms with Gasteiger partial charge in [0.1, 0.15) is 0 Å². The molecule has 1 N–H and O–H groups in total. The summed E-state index contributed by atoms with van der Waals surface area (Å²) >= 11 is 0. The molecule has 0 unspecified atom stereocenters. The van der Waals surface area contributed by atoms with Crippen molar-refractivity contribution in [2.45, 2.75) is 37.9 Å². The van der Waals surface area contributed by atoms with Gasteiger partial charge in [0.15, 0.2) is 5.76 Å². The molecule has 34 heavy (non-hydrogen) atoms. The number of aliphatic hydroxyl groups is 1. The van der Waals surface area contributed by atoms with Crippen LogP contribution in [-0.2, 0) is 20.7 Å². The lowest BCUT2D eigenvalue weighted by Gasteiger charge is -2.35. The van der Waals surface area contributed by atoms with Crippen LogP contribution in [0.1, 0.15) is 41.9 Å². The highest BCUT2D eigenvalue weighted by Gasteiger charge is 2.32. The van der Waals surface area contributed by atoms with Crippen LogP contribution >= 0.6 is 0 Å². The van der Waals surface area contributed by atoms with Crippen LogP contribution in [0.4, 0.5) is 0 Å². The van der Waals surface area contributed by atoms with Crippen LogP contribution < -0.4 is 0 Å². The zero-order valence-electron chi connectivity index (χ0n) is 19.9. The molecular weight excluding hydrogens is 428 g/mol. The summed E-state index contributed by atoms with van der Waals surface area (Å²) in [6.07, 6.45) is 4.61. The number of ether oxygens (including phenoxy) is 2. The van der Waals surface area contributed by atoms with Gasteiger partial charge in [0.25, 0.3) is 5.91 Å². The first kappa shape index (κ1) is 23.1. The van der Waals surface area contributed by atoms with Crippen LogP contribution in [0.15, 0.2) is 54.3 Å². The van der Waals surface area contributed by atoms with Crippen molar-refractivity contribution >= 4 is 5.91 Å². The van der Waals surface area contributed by atoms with Gasteiger partial charge in [-0.15, -0.1) is 0 Å². The molecule has 2 aliphatic heterocycles. The molecule has 2 heterocycles. The number of allylic oxidation sites excluding steroid dienone is 1. The SMILES string of the molecule is CN1CCN(C(=O)C2=C[C@@H](c3ccc4c(c3)Cc3ccccc3-4)C[C@@H](OCCCCO)O2)CC1. The van der Waals surface area contributed by atoms with Crippen molar-refractivity contribution in [3.63, 3.8) is 0 Å². The normalized spacial score (nSPS) is 22.1. The third-order valence-electron chi connectivity index (χ3n) is 7.16. The largest absolute Gasteiger partial charge is 0.459 e. The maximum atomic E-state index is 13.3. The van der Waals surface area contributed by atoms with Crippen LogP contribution in [0.2, 0.25) is 0 Å². The zero-order valence-corrected chi connectivity index (χ0v) is 19.9. The van der Waals surface area contributed by atoms with Gasteiger partial charge in [-0.2, -0.15) is 0 Å². The molecule has 0 bridgehead atoms. The minimum atomic E-state index is -0.467. The van der Waals surface area contributed by atoms with E-state index in [9.17, 15) is 4.79 Å². The molecule has 2 aromatic carbocycles. The Morgan fingerprint density at radius 3 is 2.68 bits per heavy atom. The Morgan fingerprint density at radius 1 is 1.06 bits per heavy atom. The van der Waals surface area contributed by atoms with E-state index in [0.717, 1.165) is 25.9 Å². The average molecular weight is 463 g/mol. The van der Waals surface area contributed by atoms with Gasteiger partial charge in [0.2, 0.25) is 6.29 Å². The van der Waals surface area contributed by atoms with E-state index in [-0.39, 0.29) is 18.4 Å². The number of hydrogen-bond donors (Lipinski definition) is 1. The second kappa shape index (κ2) is 10.3. The van der Waals surface area contributed by atoms with E-state index >= 15 is 0 Å². The molecule has 1 fully saturated rings. The molecule has 1 aliphatic carbocycles. The van der Waals surface area contributed by atoms with E-state index in [1.807, 2.05) is 11.0 Å². The van der Waals surface area contributed by atoms with Crippen LogP contribution in [0, 0.1) is 0 Å². The lowest BCUT2D eigenvalue weighted by molar-refractivity contribution is -0.153. The topological polar surface area (TPSA) is 62.2 Å². The van der Waals surface area contributed by atoms with E-state index in [4.69, 9.17) is 14.6 Å². The predicted octanol–water partition coefficient (Wildman–Crippen LogP) is 3.53. The minimum absolute atomic E-state index is 0.0460. The van der Waals surface area contributed by atoms with Gasteiger partial charge in [-0.3, -0.25) is 4.79 Å². The van der Waals surface area contributed by atoms with Gasteiger partial charge < -0.3 is 24.4 Å². The van der Waals surface area contributed by atoms with Crippen molar-refractivity contribution < 1.29 is 19.4 Å². The first-order chi connectivity index (χ1) is 16.6. The molecule has 0 radical (unpaired) electrons. The van der Waals surface area contributed by atoms with Crippen molar-refractivity contribution in [3.8, 4) is 11.1 Å². The number of carbonyl (C=O) groups is 1. The van der Waals surface area contributed by atoms with Crippen molar-refractivity contribution in [2.24, 2.45) is 0 Å². The maximum Gasteiger partial charge on any atom is 0.288 e. The molecule has 5 rings (SSSR count). The first-order valence-electron chi connectivity index (χ1n) is 12.4. The molecule has 0 aromatic heterocycles. The van der Waals surface area contributed by atoms with Crippen LogP contribution in [0.5, 0.6) is 0 Å². The Hall–Kier alpha value is -2.67. The standard InChI is InChI=1S/C28H34N2O4/c1-29-10-12-30(13-11-29)28(32)26-18-22(19-27(34-26)33-15-5-4-14-31)20-8-9-25-23(16-20)17-21-6-2-3-7-24(21)25/h2-3,6-9,16,18,22,27,31H,4-5,10-15,17,19H2,1H3/t22-,27+/m1/s1. The molecule has 6 nitrogen and oxygen atoms in total. The number of fused-ring (bicyclic) bond motifs is 3. The van der Waals surface area contributed by atoms with Gasteiger partial charge in [-0.25, -0.2) is 0 Å². The van der Waals surface area contributed by atoms with Crippen LogP contribution in [0.25, 0.3) is 11.1 Å². The second-order valence-corrected chi connectivity index (χ2v) is 9.57. The van der Waals surface area contributed by atoms with Gasteiger partial charge in [-0.05, 0) is 60.2 Å². The summed E-state index contributed by atoms with van der Waals surface area (Å²) < 4.78 is 12.1. The zero-order chi connectivity index (χ0) is 23.5. The van der Waals surface area contributed by atoms with E-state index < -0.39 is 6.29 Å². The molecular formula is C28H34N2O4. The summed E-state index contributed by atoms with van der Waals surface area (Å²) in [5, 5.41) is 9.06. The highest BCUT2D eigenvalue weighted by atomic mass is 16.7. The summed E-state index contributed by atoms with van der Waals surface area (Å²) in [6.45, 7) is 3.82. The molecule has 1 saturated heterocycles. The lowest BCUT2D eigenvalue weighted by Crippen LogP contribution is -2.48. The molecule has 6 heteroatoms. The van der Waals surface area contributed by atoms with E-state index in [1.54, 1.807) is 0 Å². The van der Waals surface area contributed by atoms with Crippen molar-refractivity contribution in [1.29, 1.82) is 0 Å². The summed E-state index contributed by atoms with van der Waals surface area (Å²) in [4.78, 5) is 17.4. The summed E-state index contributed by atoms with van der Waals surface area (Å²) in [6, 6.07) is 15.3. The third kappa shape index (κ3) is 4.90. The minimum Gasteiger partial charge on any atom is -0.459 e. The van der Waals surface area contributed by atoms with Gasteiger partial charge in [0, 0.05) is 45.1 Å². The monoisotopic (exact) mass is 462 g/mol. The average Bonchev–Trinajstić information content (AvgIpc) is 3.24. The highest BCUT2D eigenvalue weighted by Crippen LogP contribution is 2.40. The van der Waals surface area contributed by atoms with Crippen molar-refractivity contribution in [3.05, 3.63) is 71.0 Å². The summed E-state index contributed by atoms with van der Waals surface area (Å²) in [5.41, 5.74) is 6.53. The number of likely N-dealkylation sites (N-methyl/N-ethyl adjacent to an activating group) is 1. The number of hydrogen-bond acceptors (Lipinski definition) is 5. The number of carbonyl (C=O) groups excluding carboxylic acids is 1. The summed E-state index contributed by atoms with van der Waals surface area (Å²) in [7, 11) is 2.08. The predicted molar refractivity (Wildman–Crippen MR) is 131 cm³/mol. The van der Waals surface area contributed by atoms with E-state index in [1.165, 1.54) is 27.8 Å². The highest BCUT2D eigenvalue weighted by molar-refractivity contribution is 5.92. The number of piperazine rings is 1. The fraction of sp³-hybridized carbons (Fsp3) is 0.464. The molecule has 180 valence electrons. The molecule has 0 spiro atoms. The number of aliphatic hydroxyl groups excluding tert-OH is 1. The lowest BCUT2D eigenvalue weighted by atomic mass is 9.90. The molecule has 3 aliphatic rings. The number of nitrogens with zero attached hydrogens (tertiary/aromatic N) is 2. The van der Waals surface area contributed by atoms with Gasteiger partial charge in [0.05, 0.1) is 6.61 Å². The second-order valence-electron chi connectivity index (χ2n) is 9.57. The molecule has 2 atom stereocenters. The Labute approximate surface area is 201 Å². The van der Waals surface area contributed by atoms with Crippen molar-refractivity contribution in [2.75, 3.05) is 46.4 Å². The van der Waals surface area contributed by atoms with Gasteiger partial charge in [-0.1, -0.05) is 42.5 Å². The Morgan fingerprint density at radius 2 is 1.85 bits per heavy atom. The number of amides is 1. The van der Waals surface area contributed by atoms with Crippen molar-refractivity contribution in [1.82, 2.24) is 9.80 Å². The summed E-state index contributed by atoms with van der Waals surface area (Å²) in [5.74, 6) is 0.407. The number of unbranched alkanes of at least 4 members (excludes halogenated alkanes) is 1. The Balaban J connectivity index is 1.37. The third-order valence-corrected chi connectivity index (χ3v) is 7.16. The molecule has 2 aromatic rings. The quantitative estimate of drug-likeness (QED) is 0.545. The fourth-order valence-corrected chi connectivity index (χ4v) is 5.13. The maximum absolute atomic E-state index is 13.3. The van der Waals surface area contributed by atoms with Gasteiger partial charge >= 0.3 is 0 Å². The smallest absolute Gasteiger partial charge is 0.288 e. The number of rotatable bonds is 7. The van der Waals surface area contributed by atoms with E-state index in [0.29, 0.717) is 38.3 Å². The van der Waals surface area contributed by atoms with Crippen LogP contribution in [0.3, 0.4) is 0 Å². The first-order valence-corrected chi connectivity index (χ1v) is 12.4. The molecule has 1 amide bonds. The Kier molecular flexibility index (Phi) is 6.99. The fourth-order valence-electron chi connectivity index (χ4n) is 5.13. The Bertz CT molecular complexity index is 1060.